The van der Waals surface area contributed by atoms with Gasteiger partial charge in [-0.15, -0.1) is 0 Å². The van der Waals surface area contributed by atoms with Crippen LogP contribution in [0.15, 0.2) is 48.5 Å². The molecular weight excluding hydrogens is 458 g/mol. The number of nitrogens with zero attached hydrogens (tertiary/aromatic N) is 2. The number of hydrogen-bond donors (Lipinski definition) is 1. The number of anilines is 1. The summed E-state index contributed by atoms with van der Waals surface area (Å²) in [7, 11) is 1.48. The Balaban J connectivity index is 1.80. The molecule has 8 nitrogen and oxygen atoms in total. The highest BCUT2D eigenvalue weighted by Gasteiger charge is 2.35. The molecular formula is C25H30ClN3O5. The molecule has 2 aromatic rings. The van der Waals surface area contributed by atoms with Crippen molar-refractivity contribution in [3.8, 4) is 5.75 Å². The highest BCUT2D eigenvalue weighted by atomic mass is 35.5. The van der Waals surface area contributed by atoms with E-state index in [0.29, 0.717) is 16.5 Å². The second-order valence-electron chi connectivity index (χ2n) is 9.12. The zero-order chi connectivity index (χ0) is 25.0. The molecule has 0 saturated heterocycles. The third kappa shape index (κ3) is 5.99. The second kappa shape index (κ2) is 10.3. The minimum atomic E-state index is -0.961. The van der Waals surface area contributed by atoms with Crippen LogP contribution in [0.2, 0.25) is 5.02 Å². The summed E-state index contributed by atoms with van der Waals surface area (Å²) in [5.41, 5.74) is 0.651. The van der Waals surface area contributed by atoms with E-state index in [1.807, 2.05) is 30.3 Å². The molecule has 3 amide bonds. The number of likely N-dealkylation sites (N-methyl/N-ethyl adjacent to an activating group) is 1. The summed E-state index contributed by atoms with van der Waals surface area (Å²) in [4.78, 5) is 41.6. The molecule has 0 bridgehead atoms. The maximum Gasteiger partial charge on any atom is 0.410 e. The molecule has 0 fully saturated rings. The first kappa shape index (κ1) is 25.4. The molecule has 1 aliphatic heterocycles. The normalized spacial score (nSPS) is 16.6. The van der Waals surface area contributed by atoms with E-state index >= 15 is 0 Å². The van der Waals surface area contributed by atoms with E-state index in [1.165, 1.54) is 11.9 Å². The number of halogens is 1. The van der Waals surface area contributed by atoms with Crippen molar-refractivity contribution in [3.63, 3.8) is 0 Å². The molecule has 0 saturated carbocycles. The van der Waals surface area contributed by atoms with Gasteiger partial charge in [-0.2, -0.15) is 0 Å². The highest BCUT2D eigenvalue weighted by molar-refractivity contribution is 6.31. The van der Waals surface area contributed by atoms with E-state index in [1.54, 1.807) is 50.8 Å². The molecule has 0 aliphatic carbocycles. The third-order valence-electron chi connectivity index (χ3n) is 5.37. The van der Waals surface area contributed by atoms with Crippen molar-refractivity contribution in [1.29, 1.82) is 0 Å². The number of amides is 3. The lowest BCUT2D eigenvalue weighted by atomic mass is 10.1. The summed E-state index contributed by atoms with van der Waals surface area (Å²) < 4.78 is 11.2. The first-order valence-corrected chi connectivity index (χ1v) is 11.4. The predicted molar refractivity (Wildman–Crippen MR) is 130 cm³/mol. The van der Waals surface area contributed by atoms with Gasteiger partial charge in [-0.3, -0.25) is 14.5 Å². The summed E-state index contributed by atoms with van der Waals surface area (Å²) in [5.74, 6) is -0.317. The monoisotopic (exact) mass is 487 g/mol. The van der Waals surface area contributed by atoms with E-state index in [-0.39, 0.29) is 19.1 Å². The van der Waals surface area contributed by atoms with Crippen molar-refractivity contribution in [1.82, 2.24) is 10.2 Å². The topological polar surface area (TPSA) is 88.2 Å². The van der Waals surface area contributed by atoms with Gasteiger partial charge in [-0.25, -0.2) is 4.79 Å². The molecule has 182 valence electrons. The van der Waals surface area contributed by atoms with Gasteiger partial charge in [0.05, 0.1) is 12.2 Å². The molecule has 0 spiro atoms. The average molecular weight is 488 g/mol. The third-order valence-corrected chi connectivity index (χ3v) is 5.74. The Hall–Kier alpha value is -3.26. The number of nitrogens with one attached hydrogen (secondary N) is 1. The van der Waals surface area contributed by atoms with Gasteiger partial charge in [-0.1, -0.05) is 41.9 Å². The lowest BCUT2D eigenvalue weighted by Gasteiger charge is -2.29. The Morgan fingerprint density at radius 1 is 1.21 bits per heavy atom. The molecule has 9 heteroatoms. The molecule has 0 radical (unpaired) electrons. The number of hydrogen-bond acceptors (Lipinski definition) is 5. The van der Waals surface area contributed by atoms with Crippen molar-refractivity contribution in [3.05, 3.63) is 59.1 Å². The molecule has 1 heterocycles. The van der Waals surface area contributed by atoms with Gasteiger partial charge >= 0.3 is 6.09 Å². The number of carbonyl (C=O) groups is 3. The number of benzene rings is 2. The van der Waals surface area contributed by atoms with Gasteiger partial charge in [0.25, 0.3) is 5.91 Å². The molecule has 2 atom stereocenters. The molecule has 0 aromatic heterocycles. The highest BCUT2D eigenvalue weighted by Crippen LogP contribution is 2.33. The Bertz CT molecular complexity index is 1070. The van der Waals surface area contributed by atoms with Crippen molar-refractivity contribution < 1.29 is 23.9 Å². The predicted octanol–water partition coefficient (Wildman–Crippen LogP) is 4.01. The van der Waals surface area contributed by atoms with Crippen LogP contribution in [0.3, 0.4) is 0 Å². The Morgan fingerprint density at radius 2 is 1.85 bits per heavy atom. The summed E-state index contributed by atoms with van der Waals surface area (Å²) in [6.45, 7) is 6.96. The molecule has 1 aliphatic rings. The summed E-state index contributed by atoms with van der Waals surface area (Å²) in [5, 5.41) is 3.27. The van der Waals surface area contributed by atoms with Crippen molar-refractivity contribution in [2.45, 2.75) is 51.9 Å². The smallest absolute Gasteiger partial charge is 0.410 e. The number of rotatable bonds is 5. The minimum absolute atomic E-state index is 0.0521. The van der Waals surface area contributed by atoms with Crippen LogP contribution in [-0.2, 0) is 20.9 Å². The van der Waals surface area contributed by atoms with Crippen LogP contribution in [-0.4, -0.2) is 54.1 Å². The van der Waals surface area contributed by atoms with Crippen LogP contribution >= 0.6 is 11.6 Å². The summed E-state index contributed by atoms with van der Waals surface area (Å²) in [6.07, 6.45) is -0.633. The van der Waals surface area contributed by atoms with Crippen molar-refractivity contribution >= 4 is 35.2 Å². The van der Waals surface area contributed by atoms with Crippen LogP contribution in [0.4, 0.5) is 10.5 Å². The zero-order valence-electron chi connectivity index (χ0n) is 20.0. The fraction of sp³-hybridized carbons (Fsp3) is 0.400. The second-order valence-corrected chi connectivity index (χ2v) is 9.53. The van der Waals surface area contributed by atoms with Crippen LogP contribution < -0.4 is 15.0 Å². The molecule has 3 rings (SSSR count). The van der Waals surface area contributed by atoms with Crippen molar-refractivity contribution in [2.75, 3.05) is 18.6 Å². The van der Waals surface area contributed by atoms with Crippen LogP contribution in [0.1, 0.15) is 33.3 Å². The maximum absolute atomic E-state index is 13.6. The maximum atomic E-state index is 13.6. The molecule has 34 heavy (non-hydrogen) atoms. The quantitative estimate of drug-likeness (QED) is 0.688. The Kier molecular flexibility index (Phi) is 7.71. The minimum Gasteiger partial charge on any atom is -0.489 e. The average Bonchev–Trinajstić information content (AvgIpc) is 2.90. The zero-order valence-corrected chi connectivity index (χ0v) is 20.8. The first-order valence-electron chi connectivity index (χ1n) is 11.0. The fourth-order valence-electron chi connectivity index (χ4n) is 3.38. The number of para-hydroxylation sites is 2. The largest absolute Gasteiger partial charge is 0.489 e. The van der Waals surface area contributed by atoms with Gasteiger partial charge in [-0.05, 0) is 51.5 Å². The lowest BCUT2D eigenvalue weighted by molar-refractivity contribution is -0.130. The van der Waals surface area contributed by atoms with Gasteiger partial charge in [0, 0.05) is 12.1 Å². The summed E-state index contributed by atoms with van der Waals surface area (Å²) >= 11 is 6.34. The van der Waals surface area contributed by atoms with Crippen molar-refractivity contribution in [2.24, 2.45) is 0 Å². The Labute approximate surface area is 204 Å². The molecule has 1 N–H and O–H groups in total. The van der Waals surface area contributed by atoms with E-state index in [0.717, 1.165) is 5.56 Å². The van der Waals surface area contributed by atoms with Crippen LogP contribution in [0.25, 0.3) is 0 Å². The SMILES string of the molecule is C[C@@H](C(=O)N[C@H]1COc2ccccc2N(Cc2ccccc2Cl)C1=O)N(C)C(=O)OC(C)(C)C. The van der Waals surface area contributed by atoms with Crippen LogP contribution in [0, 0.1) is 0 Å². The fourth-order valence-corrected chi connectivity index (χ4v) is 3.57. The first-order chi connectivity index (χ1) is 16.0. The standard InChI is InChI=1S/C25H30ClN3O5/c1-16(28(5)24(32)34-25(2,3)4)22(30)27-19-15-33-21-13-9-8-12-20(21)29(23(19)31)14-17-10-6-7-11-18(17)26/h6-13,16,19H,14-15H2,1-5H3,(H,27,30)/t16-,19-/m0/s1. The Morgan fingerprint density at radius 3 is 2.53 bits per heavy atom. The van der Waals surface area contributed by atoms with Gasteiger partial charge < -0.3 is 19.7 Å². The number of fused-ring (bicyclic) bond motifs is 1. The van der Waals surface area contributed by atoms with Gasteiger partial charge in [0.1, 0.15) is 30.0 Å². The number of carbonyl (C=O) groups excluding carboxylic acids is 3. The number of ether oxygens (including phenoxy) is 2. The van der Waals surface area contributed by atoms with E-state index in [2.05, 4.69) is 5.32 Å². The lowest BCUT2D eigenvalue weighted by Crippen LogP contribution is -2.55. The van der Waals surface area contributed by atoms with Gasteiger partial charge in [0.2, 0.25) is 5.91 Å². The molecule has 2 aromatic carbocycles. The van der Waals surface area contributed by atoms with E-state index in [4.69, 9.17) is 21.1 Å². The van der Waals surface area contributed by atoms with E-state index in [9.17, 15) is 14.4 Å². The summed E-state index contributed by atoms with van der Waals surface area (Å²) in [6, 6.07) is 12.6. The van der Waals surface area contributed by atoms with Crippen LogP contribution in [0.5, 0.6) is 5.75 Å². The van der Waals surface area contributed by atoms with Gasteiger partial charge in [0.15, 0.2) is 0 Å². The molecule has 0 unspecified atom stereocenters. The van der Waals surface area contributed by atoms with E-state index < -0.39 is 29.7 Å².